The van der Waals surface area contributed by atoms with Crippen molar-refractivity contribution < 1.29 is 22.7 Å². The second-order valence-corrected chi connectivity index (χ2v) is 14.5. The molecule has 0 unspecified atom stereocenters. The van der Waals surface area contributed by atoms with Gasteiger partial charge < -0.3 is 15.0 Å². The molecule has 4 rings (SSSR count). The Balaban J connectivity index is 1.70. The second kappa shape index (κ2) is 16.1. The van der Waals surface area contributed by atoms with Crippen LogP contribution in [0, 0.1) is 0 Å². The normalized spacial score (nSPS) is 14.4. The SMILES string of the molecule is CCOc1ccc(N(CC(=O)N(Cc2ccc(Cl)cc2Cl)[C@@H](C)C(=O)NC2CCCCC2)S(=O)(=O)c2ccc(SC)cc2)cc1. The fourth-order valence-corrected chi connectivity index (χ4v) is 7.55. The summed E-state index contributed by atoms with van der Waals surface area (Å²) in [6.45, 7) is 3.39. The highest BCUT2D eigenvalue weighted by Crippen LogP contribution is 2.29. The van der Waals surface area contributed by atoms with E-state index in [0.717, 1.165) is 41.3 Å². The lowest BCUT2D eigenvalue weighted by molar-refractivity contribution is -0.139. The lowest BCUT2D eigenvalue weighted by Crippen LogP contribution is -2.53. The highest BCUT2D eigenvalue weighted by molar-refractivity contribution is 7.98. The van der Waals surface area contributed by atoms with Crippen molar-refractivity contribution in [3.8, 4) is 5.75 Å². The minimum absolute atomic E-state index is 0.0202. The molecule has 0 aromatic heterocycles. The van der Waals surface area contributed by atoms with Crippen molar-refractivity contribution in [1.29, 1.82) is 0 Å². The molecule has 45 heavy (non-hydrogen) atoms. The zero-order valence-electron chi connectivity index (χ0n) is 25.7. The molecule has 0 bridgehead atoms. The lowest BCUT2D eigenvalue weighted by Gasteiger charge is -2.33. The number of anilines is 1. The Morgan fingerprint density at radius 1 is 1.00 bits per heavy atom. The van der Waals surface area contributed by atoms with Crippen LogP contribution in [0.1, 0.15) is 51.5 Å². The van der Waals surface area contributed by atoms with Gasteiger partial charge in [0.25, 0.3) is 10.0 Å². The molecule has 1 N–H and O–H groups in total. The fourth-order valence-electron chi connectivity index (χ4n) is 5.26. The van der Waals surface area contributed by atoms with Crippen molar-refractivity contribution in [2.24, 2.45) is 0 Å². The van der Waals surface area contributed by atoms with E-state index < -0.39 is 28.5 Å². The Labute approximate surface area is 280 Å². The molecule has 1 aliphatic carbocycles. The van der Waals surface area contributed by atoms with Crippen molar-refractivity contribution in [1.82, 2.24) is 10.2 Å². The van der Waals surface area contributed by atoms with Gasteiger partial charge in [-0.1, -0.05) is 48.5 Å². The number of thioether (sulfide) groups is 1. The smallest absolute Gasteiger partial charge is 0.264 e. The Hall–Kier alpha value is -2.92. The number of carbonyl (C=O) groups is 2. The number of benzene rings is 3. The van der Waals surface area contributed by atoms with Crippen LogP contribution in [0.15, 0.2) is 76.5 Å². The summed E-state index contributed by atoms with van der Waals surface area (Å²) < 4.78 is 34.9. The van der Waals surface area contributed by atoms with E-state index in [0.29, 0.717) is 28.0 Å². The number of halogens is 2. The first-order chi connectivity index (χ1) is 21.5. The van der Waals surface area contributed by atoms with Gasteiger partial charge in [-0.25, -0.2) is 8.42 Å². The summed E-state index contributed by atoms with van der Waals surface area (Å²) in [4.78, 5) is 30.1. The van der Waals surface area contributed by atoms with E-state index in [1.54, 1.807) is 61.5 Å². The quantitative estimate of drug-likeness (QED) is 0.191. The van der Waals surface area contributed by atoms with E-state index >= 15 is 0 Å². The van der Waals surface area contributed by atoms with Crippen LogP contribution in [0.25, 0.3) is 0 Å². The van der Waals surface area contributed by atoms with Crippen LogP contribution in [0.4, 0.5) is 5.69 Å². The zero-order valence-corrected chi connectivity index (χ0v) is 28.8. The van der Waals surface area contributed by atoms with Crippen LogP contribution in [0.2, 0.25) is 10.0 Å². The molecule has 1 saturated carbocycles. The minimum Gasteiger partial charge on any atom is -0.494 e. The van der Waals surface area contributed by atoms with Crippen LogP contribution in [0.3, 0.4) is 0 Å². The third kappa shape index (κ3) is 9.09. The largest absolute Gasteiger partial charge is 0.494 e. The van der Waals surface area contributed by atoms with Crippen LogP contribution < -0.4 is 14.4 Å². The summed E-state index contributed by atoms with van der Waals surface area (Å²) in [5.74, 6) is -0.296. The summed E-state index contributed by atoms with van der Waals surface area (Å²) in [7, 11) is -4.20. The first-order valence-electron chi connectivity index (χ1n) is 15.0. The van der Waals surface area contributed by atoms with Crippen molar-refractivity contribution in [3.63, 3.8) is 0 Å². The van der Waals surface area contributed by atoms with Crippen molar-refractivity contribution in [2.75, 3.05) is 23.7 Å². The van der Waals surface area contributed by atoms with E-state index in [9.17, 15) is 18.0 Å². The molecule has 1 aliphatic rings. The number of nitrogens with one attached hydrogen (secondary N) is 1. The second-order valence-electron chi connectivity index (χ2n) is 10.9. The maximum absolute atomic E-state index is 14.2. The first-order valence-corrected chi connectivity index (χ1v) is 18.4. The van der Waals surface area contributed by atoms with Gasteiger partial charge in [-0.15, -0.1) is 11.8 Å². The van der Waals surface area contributed by atoms with Crippen LogP contribution in [-0.4, -0.2) is 56.6 Å². The molecule has 2 amide bonds. The van der Waals surface area contributed by atoms with Crippen molar-refractivity contribution >= 4 is 62.5 Å². The highest BCUT2D eigenvalue weighted by atomic mass is 35.5. The number of carbonyl (C=O) groups excluding carboxylic acids is 2. The Morgan fingerprint density at radius 2 is 1.67 bits per heavy atom. The molecule has 0 heterocycles. The third-order valence-electron chi connectivity index (χ3n) is 7.84. The Kier molecular flexibility index (Phi) is 12.5. The Bertz CT molecular complexity index is 1560. The summed E-state index contributed by atoms with van der Waals surface area (Å²) in [5.41, 5.74) is 0.861. The monoisotopic (exact) mass is 691 g/mol. The van der Waals surface area contributed by atoms with Gasteiger partial charge in [0.1, 0.15) is 18.3 Å². The van der Waals surface area contributed by atoms with E-state index in [1.807, 2.05) is 13.2 Å². The summed E-state index contributed by atoms with van der Waals surface area (Å²) in [6.07, 6.45) is 6.88. The van der Waals surface area contributed by atoms with E-state index in [1.165, 1.54) is 28.8 Å². The van der Waals surface area contributed by atoms with Crippen molar-refractivity contribution in [3.05, 3.63) is 82.3 Å². The van der Waals surface area contributed by atoms with Gasteiger partial charge in [-0.3, -0.25) is 13.9 Å². The number of ether oxygens (including phenoxy) is 1. The van der Waals surface area contributed by atoms with Crippen LogP contribution >= 0.6 is 35.0 Å². The van der Waals surface area contributed by atoms with Gasteiger partial charge in [0.15, 0.2) is 0 Å². The summed E-state index contributed by atoms with van der Waals surface area (Å²) in [5, 5.41) is 3.87. The molecule has 0 spiro atoms. The highest BCUT2D eigenvalue weighted by Gasteiger charge is 2.33. The lowest BCUT2D eigenvalue weighted by atomic mass is 9.95. The predicted octanol–water partition coefficient (Wildman–Crippen LogP) is 7.18. The average Bonchev–Trinajstić information content (AvgIpc) is 3.04. The third-order valence-corrected chi connectivity index (χ3v) is 11.0. The number of sulfonamides is 1. The molecule has 0 saturated heterocycles. The molecule has 3 aromatic rings. The minimum atomic E-state index is -4.20. The number of nitrogens with zero attached hydrogens (tertiary/aromatic N) is 2. The van der Waals surface area contributed by atoms with Gasteiger partial charge in [-0.05, 0) is 99.2 Å². The topological polar surface area (TPSA) is 96.0 Å². The number of rotatable bonds is 13. The van der Waals surface area contributed by atoms with E-state index in [2.05, 4.69) is 5.32 Å². The first kappa shape index (κ1) is 34.9. The maximum atomic E-state index is 14.2. The number of amides is 2. The van der Waals surface area contributed by atoms with E-state index in [-0.39, 0.29) is 29.1 Å². The molecular formula is C33H39Cl2N3O5S2. The van der Waals surface area contributed by atoms with Gasteiger partial charge in [0.05, 0.1) is 17.2 Å². The molecule has 1 atom stereocenters. The number of hydrogen-bond donors (Lipinski definition) is 1. The van der Waals surface area contributed by atoms with Gasteiger partial charge in [-0.2, -0.15) is 0 Å². The Morgan fingerprint density at radius 3 is 2.27 bits per heavy atom. The van der Waals surface area contributed by atoms with Gasteiger partial charge >= 0.3 is 0 Å². The molecule has 0 aliphatic heterocycles. The van der Waals surface area contributed by atoms with Gasteiger partial charge in [0.2, 0.25) is 11.8 Å². The molecule has 8 nitrogen and oxygen atoms in total. The zero-order chi connectivity index (χ0) is 32.6. The van der Waals surface area contributed by atoms with E-state index in [4.69, 9.17) is 27.9 Å². The predicted molar refractivity (Wildman–Crippen MR) is 182 cm³/mol. The molecular weight excluding hydrogens is 653 g/mol. The molecule has 1 fully saturated rings. The summed E-state index contributed by atoms with van der Waals surface area (Å²) >= 11 is 14.1. The molecule has 12 heteroatoms. The fraction of sp³-hybridized carbons (Fsp3) is 0.394. The molecule has 0 radical (unpaired) electrons. The van der Waals surface area contributed by atoms with Crippen molar-refractivity contribution in [2.45, 2.75) is 74.4 Å². The average molecular weight is 693 g/mol. The maximum Gasteiger partial charge on any atom is 0.264 e. The molecule has 242 valence electrons. The summed E-state index contributed by atoms with van der Waals surface area (Å²) in [6, 6.07) is 17.1. The molecule has 3 aromatic carbocycles. The van der Waals surface area contributed by atoms with Crippen LogP contribution in [-0.2, 0) is 26.2 Å². The number of hydrogen-bond acceptors (Lipinski definition) is 6. The standard InChI is InChI=1S/C33H39Cl2N3O5S2/c1-4-43-28-14-12-27(13-15-28)38(45(41,42)30-18-16-29(44-3)17-19-30)22-32(39)37(21-24-10-11-25(34)20-31(24)35)23(2)33(40)36-26-8-6-5-7-9-26/h10-20,23,26H,4-9,21-22H2,1-3H3,(H,36,40)/t23-/m0/s1. The van der Waals surface area contributed by atoms with Crippen LogP contribution in [0.5, 0.6) is 5.75 Å². The van der Waals surface area contributed by atoms with Gasteiger partial charge in [0, 0.05) is 27.5 Å².